The van der Waals surface area contributed by atoms with E-state index in [1.54, 1.807) is 4.90 Å². The number of benzene rings is 1. The first-order chi connectivity index (χ1) is 10.2. The van der Waals surface area contributed by atoms with Crippen molar-refractivity contribution in [3.05, 3.63) is 36.0 Å². The van der Waals surface area contributed by atoms with E-state index in [2.05, 4.69) is 4.98 Å². The minimum atomic E-state index is -0.553. The average molecular weight is 289 g/mol. The normalized spacial score (nSPS) is 12.5. The molecule has 5 heteroatoms. The van der Waals surface area contributed by atoms with Gasteiger partial charge in [-0.2, -0.15) is 0 Å². The van der Waals surface area contributed by atoms with Crippen molar-refractivity contribution in [3.8, 4) is 0 Å². The molecule has 114 valence electrons. The summed E-state index contributed by atoms with van der Waals surface area (Å²) in [6, 6.07) is 7.43. The summed E-state index contributed by atoms with van der Waals surface area (Å²) in [5, 5.41) is 9.99. The van der Waals surface area contributed by atoms with Crippen LogP contribution in [-0.2, 0) is 11.2 Å². The number of nitrogens with two attached hydrogens (primary N) is 1. The summed E-state index contributed by atoms with van der Waals surface area (Å²) in [6.45, 7) is 3.17. The van der Waals surface area contributed by atoms with Gasteiger partial charge in [-0.25, -0.2) is 0 Å². The molecule has 0 saturated heterocycles. The smallest absolute Gasteiger partial charge is 0.239 e. The number of nitrogens with one attached hydrogen (secondary N) is 1. The van der Waals surface area contributed by atoms with E-state index in [-0.39, 0.29) is 12.5 Å². The number of para-hydroxylation sites is 1. The Kier molecular flexibility index (Phi) is 5.36. The van der Waals surface area contributed by atoms with Crippen LogP contribution in [0.2, 0.25) is 0 Å². The van der Waals surface area contributed by atoms with Crippen LogP contribution in [0.4, 0.5) is 0 Å². The molecule has 1 unspecified atom stereocenters. The Balaban J connectivity index is 2.06. The van der Waals surface area contributed by atoms with Crippen LogP contribution in [0.1, 0.15) is 18.9 Å². The third-order valence-electron chi connectivity index (χ3n) is 3.71. The second kappa shape index (κ2) is 7.24. The van der Waals surface area contributed by atoms with Crippen molar-refractivity contribution in [1.82, 2.24) is 9.88 Å². The molecule has 0 radical (unpaired) electrons. The third kappa shape index (κ3) is 3.62. The molecule has 4 N–H and O–H groups in total. The van der Waals surface area contributed by atoms with Crippen molar-refractivity contribution in [2.45, 2.75) is 25.8 Å². The summed E-state index contributed by atoms with van der Waals surface area (Å²) in [5.74, 6) is -0.0590. The fourth-order valence-electron chi connectivity index (χ4n) is 2.54. The molecule has 0 aliphatic carbocycles. The number of carbonyl (C=O) groups is 1. The molecular weight excluding hydrogens is 266 g/mol. The average Bonchev–Trinajstić information content (AvgIpc) is 2.91. The molecular formula is C16H23N3O2. The lowest BCUT2D eigenvalue weighted by atomic mass is 10.0. The monoisotopic (exact) mass is 289 g/mol. The molecule has 1 atom stereocenters. The summed E-state index contributed by atoms with van der Waals surface area (Å²) in [6.07, 6.45) is 3.01. The van der Waals surface area contributed by atoms with Gasteiger partial charge in [0.05, 0.1) is 6.04 Å². The number of aliphatic hydroxyl groups excluding tert-OH is 1. The highest BCUT2D eigenvalue weighted by atomic mass is 16.3. The van der Waals surface area contributed by atoms with Crippen molar-refractivity contribution in [3.63, 3.8) is 0 Å². The SMILES string of the molecule is CCN(CCCO)C(=O)C(N)Cc1c[nH]c2ccccc12. The van der Waals surface area contributed by atoms with Crippen molar-refractivity contribution in [1.29, 1.82) is 0 Å². The van der Waals surface area contributed by atoms with Crippen LogP contribution in [0.5, 0.6) is 0 Å². The molecule has 1 amide bonds. The van der Waals surface area contributed by atoms with Gasteiger partial charge >= 0.3 is 0 Å². The number of amides is 1. The molecule has 0 spiro atoms. The highest BCUT2D eigenvalue weighted by molar-refractivity contribution is 5.86. The standard InChI is InChI=1S/C16H23N3O2/c1-2-19(8-5-9-20)16(21)14(17)10-12-11-18-15-7-4-3-6-13(12)15/h3-4,6-7,11,14,18,20H,2,5,8-10,17H2,1H3. The lowest BCUT2D eigenvalue weighted by Crippen LogP contribution is -2.45. The molecule has 21 heavy (non-hydrogen) atoms. The van der Waals surface area contributed by atoms with Crippen LogP contribution in [0.25, 0.3) is 10.9 Å². The molecule has 1 heterocycles. The Bertz CT molecular complexity index is 594. The number of aromatic nitrogens is 1. The van der Waals surface area contributed by atoms with E-state index in [1.165, 1.54) is 0 Å². The summed E-state index contributed by atoms with van der Waals surface area (Å²) in [5.41, 5.74) is 8.20. The molecule has 0 aliphatic rings. The molecule has 1 aromatic heterocycles. The van der Waals surface area contributed by atoms with Crippen LogP contribution < -0.4 is 5.73 Å². The first-order valence-corrected chi connectivity index (χ1v) is 7.37. The van der Waals surface area contributed by atoms with Crippen LogP contribution in [0.3, 0.4) is 0 Å². The van der Waals surface area contributed by atoms with Gasteiger partial charge in [0, 0.05) is 36.8 Å². The number of hydrogen-bond acceptors (Lipinski definition) is 3. The minimum absolute atomic E-state index is 0.0590. The zero-order valence-corrected chi connectivity index (χ0v) is 12.4. The van der Waals surface area contributed by atoms with Crippen LogP contribution in [0.15, 0.2) is 30.5 Å². The van der Waals surface area contributed by atoms with Crippen LogP contribution >= 0.6 is 0 Å². The third-order valence-corrected chi connectivity index (χ3v) is 3.71. The predicted octanol–water partition coefficient (Wildman–Crippen LogP) is 1.27. The van der Waals surface area contributed by atoms with Gasteiger partial charge in [0.15, 0.2) is 0 Å². The maximum atomic E-state index is 12.4. The van der Waals surface area contributed by atoms with E-state index in [0.29, 0.717) is 25.9 Å². The van der Waals surface area contributed by atoms with Crippen LogP contribution in [0, 0.1) is 0 Å². The zero-order chi connectivity index (χ0) is 15.2. The lowest BCUT2D eigenvalue weighted by molar-refractivity contribution is -0.132. The number of nitrogens with zero attached hydrogens (tertiary/aromatic N) is 1. The van der Waals surface area contributed by atoms with Crippen molar-refractivity contribution < 1.29 is 9.90 Å². The maximum absolute atomic E-state index is 12.4. The van der Waals surface area contributed by atoms with Gasteiger partial charge in [-0.15, -0.1) is 0 Å². The van der Waals surface area contributed by atoms with Gasteiger partial charge < -0.3 is 20.7 Å². The number of carbonyl (C=O) groups excluding carboxylic acids is 1. The fraction of sp³-hybridized carbons (Fsp3) is 0.438. The molecule has 5 nitrogen and oxygen atoms in total. The number of aliphatic hydroxyl groups is 1. The van der Waals surface area contributed by atoms with Gasteiger partial charge in [0.25, 0.3) is 0 Å². The molecule has 0 bridgehead atoms. The summed E-state index contributed by atoms with van der Waals surface area (Å²) < 4.78 is 0. The predicted molar refractivity (Wildman–Crippen MR) is 83.9 cm³/mol. The number of likely N-dealkylation sites (N-methyl/N-ethyl adjacent to an activating group) is 1. The Morgan fingerprint density at radius 1 is 1.43 bits per heavy atom. The summed E-state index contributed by atoms with van der Waals surface area (Å²) in [7, 11) is 0. The Morgan fingerprint density at radius 3 is 2.90 bits per heavy atom. The van der Waals surface area contributed by atoms with E-state index >= 15 is 0 Å². The van der Waals surface area contributed by atoms with Gasteiger partial charge in [-0.1, -0.05) is 18.2 Å². The first-order valence-electron chi connectivity index (χ1n) is 7.37. The van der Waals surface area contributed by atoms with Gasteiger partial charge in [0.2, 0.25) is 5.91 Å². The van der Waals surface area contributed by atoms with Crippen molar-refractivity contribution in [2.24, 2.45) is 5.73 Å². The number of aromatic amines is 1. The highest BCUT2D eigenvalue weighted by Gasteiger charge is 2.20. The Morgan fingerprint density at radius 2 is 2.19 bits per heavy atom. The molecule has 0 saturated carbocycles. The highest BCUT2D eigenvalue weighted by Crippen LogP contribution is 2.19. The number of H-pyrrole nitrogens is 1. The summed E-state index contributed by atoms with van der Waals surface area (Å²) >= 11 is 0. The largest absolute Gasteiger partial charge is 0.396 e. The molecule has 0 fully saturated rings. The van der Waals surface area contributed by atoms with E-state index in [1.807, 2.05) is 37.4 Å². The fourth-order valence-corrected chi connectivity index (χ4v) is 2.54. The second-order valence-electron chi connectivity index (χ2n) is 5.17. The van der Waals surface area contributed by atoms with E-state index in [9.17, 15) is 4.79 Å². The Labute approximate surface area is 124 Å². The molecule has 0 aliphatic heterocycles. The molecule has 1 aromatic carbocycles. The quantitative estimate of drug-likeness (QED) is 0.718. The van der Waals surface area contributed by atoms with Crippen LogP contribution in [-0.4, -0.2) is 46.6 Å². The zero-order valence-electron chi connectivity index (χ0n) is 12.4. The number of hydrogen-bond donors (Lipinski definition) is 3. The number of fused-ring (bicyclic) bond motifs is 1. The van der Waals surface area contributed by atoms with Gasteiger partial charge in [-0.05, 0) is 31.4 Å². The van der Waals surface area contributed by atoms with Crippen molar-refractivity contribution in [2.75, 3.05) is 19.7 Å². The van der Waals surface area contributed by atoms with Gasteiger partial charge in [-0.3, -0.25) is 4.79 Å². The molecule has 2 rings (SSSR count). The maximum Gasteiger partial charge on any atom is 0.239 e. The topological polar surface area (TPSA) is 82.3 Å². The second-order valence-corrected chi connectivity index (χ2v) is 5.17. The van der Waals surface area contributed by atoms with E-state index in [4.69, 9.17) is 10.8 Å². The number of rotatable bonds is 7. The van der Waals surface area contributed by atoms with Gasteiger partial charge in [0.1, 0.15) is 0 Å². The van der Waals surface area contributed by atoms with E-state index < -0.39 is 6.04 Å². The first kappa shape index (κ1) is 15.5. The minimum Gasteiger partial charge on any atom is -0.396 e. The van der Waals surface area contributed by atoms with E-state index in [0.717, 1.165) is 16.5 Å². The van der Waals surface area contributed by atoms with Crippen molar-refractivity contribution >= 4 is 16.8 Å². The summed E-state index contributed by atoms with van der Waals surface area (Å²) in [4.78, 5) is 17.3. The lowest BCUT2D eigenvalue weighted by Gasteiger charge is -2.24. The molecule has 2 aromatic rings. The Hall–Kier alpha value is -1.85.